The summed E-state index contributed by atoms with van der Waals surface area (Å²) in [4.78, 5) is 11.4. The number of rotatable bonds is 4. The van der Waals surface area contributed by atoms with Gasteiger partial charge in [-0.3, -0.25) is 0 Å². The Balaban J connectivity index is 2.18. The topological polar surface area (TPSA) is 26.3 Å². The minimum Gasteiger partial charge on any atom is -0.463 e. The van der Waals surface area contributed by atoms with Gasteiger partial charge < -0.3 is 4.74 Å². The van der Waals surface area contributed by atoms with E-state index in [9.17, 15) is 4.79 Å². The molecule has 2 aromatic rings. The van der Waals surface area contributed by atoms with Crippen molar-refractivity contribution in [1.29, 1.82) is 0 Å². The van der Waals surface area contributed by atoms with E-state index < -0.39 is 0 Å². The van der Waals surface area contributed by atoms with Crippen LogP contribution in [0.15, 0.2) is 60.7 Å². The zero-order valence-electron chi connectivity index (χ0n) is 11.8. The van der Waals surface area contributed by atoms with Crippen molar-refractivity contribution in [2.75, 3.05) is 6.61 Å². The lowest BCUT2D eigenvalue weighted by molar-refractivity contribution is -0.137. The van der Waals surface area contributed by atoms with Crippen LogP contribution in [0.5, 0.6) is 0 Å². The smallest absolute Gasteiger partial charge is 0.331 e. The molecule has 2 rings (SSSR count). The average molecular weight is 266 g/mol. The van der Waals surface area contributed by atoms with Crippen molar-refractivity contribution in [3.05, 3.63) is 66.2 Å². The van der Waals surface area contributed by atoms with Crippen molar-refractivity contribution in [2.45, 2.75) is 13.8 Å². The Morgan fingerprint density at radius 3 is 2.20 bits per heavy atom. The van der Waals surface area contributed by atoms with Crippen LogP contribution in [0.2, 0.25) is 0 Å². The van der Waals surface area contributed by atoms with Crippen LogP contribution in [0.25, 0.3) is 16.7 Å². The largest absolute Gasteiger partial charge is 0.463 e. The van der Waals surface area contributed by atoms with Gasteiger partial charge >= 0.3 is 5.97 Å². The first-order chi connectivity index (χ1) is 9.70. The van der Waals surface area contributed by atoms with Crippen molar-refractivity contribution in [3.8, 4) is 11.1 Å². The normalized spacial score (nSPS) is 11.2. The third kappa shape index (κ3) is 3.58. The zero-order chi connectivity index (χ0) is 14.4. The second-order valence-corrected chi connectivity index (χ2v) is 4.52. The molecule has 2 aromatic carbocycles. The molecule has 0 fully saturated rings. The summed E-state index contributed by atoms with van der Waals surface area (Å²) >= 11 is 0. The third-order valence-corrected chi connectivity index (χ3v) is 3.07. The van der Waals surface area contributed by atoms with Gasteiger partial charge in [-0.2, -0.15) is 0 Å². The minimum absolute atomic E-state index is 0.294. The average Bonchev–Trinajstić information content (AvgIpc) is 2.48. The summed E-state index contributed by atoms with van der Waals surface area (Å²) in [6.45, 7) is 4.11. The van der Waals surface area contributed by atoms with Crippen molar-refractivity contribution in [2.24, 2.45) is 0 Å². The monoisotopic (exact) mass is 266 g/mol. The molecule has 0 aliphatic heterocycles. The van der Waals surface area contributed by atoms with Crippen LogP contribution in [0, 0.1) is 0 Å². The molecule has 2 nitrogen and oxygen atoms in total. The molecule has 0 spiro atoms. The third-order valence-electron chi connectivity index (χ3n) is 3.07. The zero-order valence-corrected chi connectivity index (χ0v) is 11.8. The summed E-state index contributed by atoms with van der Waals surface area (Å²) in [5, 5.41) is 0. The molecule has 2 heteroatoms. The Hall–Kier alpha value is -2.35. The summed E-state index contributed by atoms with van der Waals surface area (Å²) < 4.78 is 4.91. The second kappa shape index (κ2) is 6.71. The maximum absolute atomic E-state index is 11.4. The fourth-order valence-electron chi connectivity index (χ4n) is 2.00. The molecular formula is C18H18O2. The molecular weight excluding hydrogens is 248 g/mol. The van der Waals surface area contributed by atoms with Crippen LogP contribution in [0.1, 0.15) is 19.4 Å². The molecule has 0 N–H and O–H groups in total. The lowest BCUT2D eigenvalue weighted by atomic mass is 10.0. The van der Waals surface area contributed by atoms with Gasteiger partial charge in [0.15, 0.2) is 0 Å². The number of carbonyl (C=O) groups excluding carboxylic acids is 1. The lowest BCUT2D eigenvalue weighted by Gasteiger charge is -2.05. The number of esters is 1. The summed E-state index contributed by atoms with van der Waals surface area (Å²) in [6.07, 6.45) is 1.53. The van der Waals surface area contributed by atoms with Crippen LogP contribution in [-0.4, -0.2) is 12.6 Å². The van der Waals surface area contributed by atoms with Gasteiger partial charge in [0.25, 0.3) is 0 Å². The van der Waals surface area contributed by atoms with E-state index in [1.165, 1.54) is 17.2 Å². The van der Waals surface area contributed by atoms with E-state index in [0.29, 0.717) is 6.61 Å². The predicted molar refractivity (Wildman–Crippen MR) is 82.2 cm³/mol. The Kier molecular flexibility index (Phi) is 4.72. The number of hydrogen-bond acceptors (Lipinski definition) is 2. The van der Waals surface area contributed by atoms with Crippen LogP contribution in [0.3, 0.4) is 0 Å². The van der Waals surface area contributed by atoms with E-state index in [0.717, 1.165) is 11.1 Å². The fourth-order valence-corrected chi connectivity index (χ4v) is 2.00. The molecule has 0 aromatic heterocycles. The minimum atomic E-state index is -0.294. The number of allylic oxidation sites excluding steroid dienone is 1. The van der Waals surface area contributed by atoms with E-state index in [-0.39, 0.29) is 5.97 Å². The van der Waals surface area contributed by atoms with Gasteiger partial charge in [-0.1, -0.05) is 54.6 Å². The maximum atomic E-state index is 11.4. The molecule has 0 aliphatic rings. The van der Waals surface area contributed by atoms with Gasteiger partial charge in [0.2, 0.25) is 0 Å². The Morgan fingerprint density at radius 2 is 1.60 bits per heavy atom. The lowest BCUT2D eigenvalue weighted by Crippen LogP contribution is -2.00. The van der Waals surface area contributed by atoms with Crippen molar-refractivity contribution >= 4 is 11.5 Å². The van der Waals surface area contributed by atoms with E-state index >= 15 is 0 Å². The molecule has 0 heterocycles. The van der Waals surface area contributed by atoms with Gasteiger partial charge in [0.1, 0.15) is 0 Å². The Labute approximate surface area is 119 Å². The van der Waals surface area contributed by atoms with E-state index in [2.05, 4.69) is 24.3 Å². The highest BCUT2D eigenvalue weighted by Gasteiger charge is 2.02. The molecule has 102 valence electrons. The Bertz CT molecular complexity index is 595. The standard InChI is InChI=1S/C18H18O2/c1-3-20-18(19)13-14(2)15-9-11-17(12-10-15)16-7-5-4-6-8-16/h4-13H,3H2,1-2H3/b14-13-. The second-order valence-electron chi connectivity index (χ2n) is 4.52. The van der Waals surface area contributed by atoms with Gasteiger partial charge in [0.05, 0.1) is 6.61 Å². The van der Waals surface area contributed by atoms with E-state index in [1.807, 2.05) is 37.3 Å². The van der Waals surface area contributed by atoms with Crippen LogP contribution < -0.4 is 0 Å². The highest BCUT2D eigenvalue weighted by Crippen LogP contribution is 2.22. The summed E-state index contributed by atoms with van der Waals surface area (Å²) in [6, 6.07) is 18.4. The van der Waals surface area contributed by atoms with Gasteiger partial charge in [-0.15, -0.1) is 0 Å². The first-order valence-corrected chi connectivity index (χ1v) is 6.71. The molecule has 20 heavy (non-hydrogen) atoms. The summed E-state index contributed by atoms with van der Waals surface area (Å²) in [5.41, 5.74) is 4.28. The maximum Gasteiger partial charge on any atom is 0.331 e. The molecule has 0 bridgehead atoms. The fraction of sp³-hybridized carbons (Fsp3) is 0.167. The van der Waals surface area contributed by atoms with E-state index in [1.54, 1.807) is 6.92 Å². The predicted octanol–water partition coefficient (Wildman–Crippen LogP) is 4.32. The first-order valence-electron chi connectivity index (χ1n) is 6.71. The van der Waals surface area contributed by atoms with E-state index in [4.69, 9.17) is 4.74 Å². The van der Waals surface area contributed by atoms with Crippen LogP contribution in [0.4, 0.5) is 0 Å². The van der Waals surface area contributed by atoms with Gasteiger partial charge in [0, 0.05) is 6.08 Å². The van der Waals surface area contributed by atoms with Crippen LogP contribution in [-0.2, 0) is 9.53 Å². The molecule has 0 unspecified atom stereocenters. The Morgan fingerprint density at radius 1 is 1.00 bits per heavy atom. The molecule has 0 saturated carbocycles. The van der Waals surface area contributed by atoms with Crippen molar-refractivity contribution in [3.63, 3.8) is 0 Å². The SMILES string of the molecule is CCOC(=O)/C=C(/C)c1ccc(-c2ccccc2)cc1. The highest BCUT2D eigenvalue weighted by atomic mass is 16.5. The van der Waals surface area contributed by atoms with Gasteiger partial charge in [-0.25, -0.2) is 4.79 Å². The first kappa shape index (κ1) is 14.1. The number of carbonyl (C=O) groups is 1. The highest BCUT2D eigenvalue weighted by molar-refractivity contribution is 5.91. The summed E-state index contributed by atoms with van der Waals surface area (Å²) in [5.74, 6) is -0.294. The van der Waals surface area contributed by atoms with Crippen molar-refractivity contribution in [1.82, 2.24) is 0 Å². The molecule has 0 aliphatic carbocycles. The molecule has 0 atom stereocenters. The van der Waals surface area contributed by atoms with Crippen molar-refractivity contribution < 1.29 is 9.53 Å². The summed E-state index contributed by atoms with van der Waals surface area (Å²) in [7, 11) is 0. The molecule has 0 saturated heterocycles. The number of ether oxygens (including phenoxy) is 1. The van der Waals surface area contributed by atoms with Crippen LogP contribution >= 0.6 is 0 Å². The quantitative estimate of drug-likeness (QED) is 0.608. The number of benzene rings is 2. The van der Waals surface area contributed by atoms with Gasteiger partial charge in [-0.05, 0) is 36.1 Å². The molecule has 0 radical (unpaired) electrons. The number of hydrogen-bond donors (Lipinski definition) is 0. The molecule has 0 amide bonds.